The van der Waals surface area contributed by atoms with Crippen molar-refractivity contribution in [2.75, 3.05) is 0 Å². The summed E-state index contributed by atoms with van der Waals surface area (Å²) in [6.45, 7) is 4.23. The zero-order valence-corrected chi connectivity index (χ0v) is 7.59. The molecular weight excluding hydrogens is 192 g/mol. The lowest BCUT2D eigenvalue weighted by atomic mass is 10.1. The van der Waals surface area contributed by atoms with Gasteiger partial charge in [0.1, 0.15) is 10.9 Å². The molecular formula is C7H9BrN2. The molecule has 0 aliphatic carbocycles. The summed E-state index contributed by atoms with van der Waals surface area (Å²) < 4.78 is 0.900. The van der Waals surface area contributed by atoms with Gasteiger partial charge in [-0.3, -0.25) is 0 Å². The van der Waals surface area contributed by atoms with Gasteiger partial charge in [-0.15, -0.1) is 0 Å². The Morgan fingerprint density at radius 3 is 2.60 bits per heavy atom. The number of hydrogen-bond donors (Lipinski definition) is 0. The van der Waals surface area contributed by atoms with Gasteiger partial charge < -0.3 is 0 Å². The molecule has 54 valence electrons. The maximum absolute atomic E-state index is 4.01. The molecule has 0 N–H and O–H groups in total. The van der Waals surface area contributed by atoms with Gasteiger partial charge in [-0.2, -0.15) is 0 Å². The molecule has 2 nitrogen and oxygen atoms in total. The van der Waals surface area contributed by atoms with Crippen LogP contribution in [0.15, 0.2) is 17.1 Å². The molecule has 0 aromatic carbocycles. The smallest absolute Gasteiger partial charge is 0.116 e. The zero-order chi connectivity index (χ0) is 7.56. The summed E-state index contributed by atoms with van der Waals surface area (Å²) in [6.07, 6.45) is 3.37. The van der Waals surface area contributed by atoms with Gasteiger partial charge in [-0.1, -0.05) is 13.8 Å². The van der Waals surface area contributed by atoms with E-state index in [1.165, 1.54) is 6.33 Å². The predicted octanol–water partition coefficient (Wildman–Crippen LogP) is 2.36. The van der Waals surface area contributed by atoms with Gasteiger partial charge in [0.2, 0.25) is 0 Å². The van der Waals surface area contributed by atoms with Crippen molar-refractivity contribution in [3.8, 4) is 0 Å². The zero-order valence-electron chi connectivity index (χ0n) is 6.00. The van der Waals surface area contributed by atoms with Crippen LogP contribution >= 0.6 is 15.9 Å². The summed E-state index contributed by atoms with van der Waals surface area (Å²) in [4.78, 5) is 7.93. The van der Waals surface area contributed by atoms with Crippen molar-refractivity contribution in [3.63, 3.8) is 0 Å². The Balaban J connectivity index is 3.03. The van der Waals surface area contributed by atoms with Gasteiger partial charge in [-0.05, 0) is 21.8 Å². The molecule has 0 bridgehead atoms. The summed E-state index contributed by atoms with van der Waals surface area (Å²) in [6, 6.07) is 0. The van der Waals surface area contributed by atoms with Crippen LogP contribution in [0.3, 0.4) is 0 Å². The van der Waals surface area contributed by atoms with E-state index in [1.54, 1.807) is 0 Å². The highest BCUT2D eigenvalue weighted by Gasteiger charge is 2.03. The topological polar surface area (TPSA) is 25.8 Å². The van der Waals surface area contributed by atoms with Gasteiger partial charge in [0.05, 0.1) is 0 Å². The average Bonchev–Trinajstić information content (AvgIpc) is 1.88. The molecule has 10 heavy (non-hydrogen) atoms. The third-order valence-electron chi connectivity index (χ3n) is 1.31. The van der Waals surface area contributed by atoms with E-state index in [2.05, 4.69) is 39.7 Å². The van der Waals surface area contributed by atoms with Gasteiger partial charge in [0.15, 0.2) is 0 Å². The number of nitrogens with zero attached hydrogens (tertiary/aromatic N) is 2. The maximum Gasteiger partial charge on any atom is 0.116 e. The number of hydrogen-bond acceptors (Lipinski definition) is 2. The minimum Gasteiger partial charge on any atom is -0.244 e. The van der Waals surface area contributed by atoms with Crippen molar-refractivity contribution in [1.29, 1.82) is 0 Å². The van der Waals surface area contributed by atoms with Crippen LogP contribution in [0.2, 0.25) is 0 Å². The van der Waals surface area contributed by atoms with Crippen LogP contribution in [0.4, 0.5) is 0 Å². The monoisotopic (exact) mass is 200 g/mol. The van der Waals surface area contributed by atoms with Crippen molar-refractivity contribution in [1.82, 2.24) is 9.97 Å². The highest BCUT2D eigenvalue weighted by Crippen LogP contribution is 2.20. The Kier molecular flexibility index (Phi) is 2.38. The Labute approximate surface area is 68.8 Å². The van der Waals surface area contributed by atoms with Crippen LogP contribution in [-0.2, 0) is 0 Å². The number of aromatic nitrogens is 2. The lowest BCUT2D eigenvalue weighted by molar-refractivity contribution is 0.835. The highest BCUT2D eigenvalue weighted by molar-refractivity contribution is 9.10. The van der Waals surface area contributed by atoms with Crippen molar-refractivity contribution >= 4 is 15.9 Å². The minimum absolute atomic E-state index is 0.482. The van der Waals surface area contributed by atoms with E-state index in [4.69, 9.17) is 0 Å². The summed E-state index contributed by atoms with van der Waals surface area (Å²) in [5, 5.41) is 0. The third kappa shape index (κ3) is 1.53. The van der Waals surface area contributed by atoms with Crippen molar-refractivity contribution < 1.29 is 0 Å². The van der Waals surface area contributed by atoms with Crippen LogP contribution in [0.5, 0.6) is 0 Å². The Morgan fingerprint density at radius 1 is 1.50 bits per heavy atom. The first kappa shape index (κ1) is 7.66. The summed E-state index contributed by atoms with van der Waals surface area (Å²) in [5.41, 5.74) is 1.16. The van der Waals surface area contributed by atoms with E-state index in [0.29, 0.717) is 5.92 Å². The van der Waals surface area contributed by atoms with Crippen molar-refractivity contribution in [2.45, 2.75) is 19.8 Å². The van der Waals surface area contributed by atoms with Crippen LogP contribution < -0.4 is 0 Å². The molecule has 1 aromatic rings. The fraction of sp³-hybridized carbons (Fsp3) is 0.429. The van der Waals surface area contributed by atoms with Crippen LogP contribution in [-0.4, -0.2) is 9.97 Å². The van der Waals surface area contributed by atoms with Crippen molar-refractivity contribution in [3.05, 3.63) is 22.7 Å². The summed E-state index contributed by atoms with van der Waals surface area (Å²) >= 11 is 3.35. The number of halogens is 1. The standard InChI is InChI=1S/C7H9BrN2/c1-5(2)6-3-9-4-10-7(6)8/h3-5H,1-2H3. The molecule has 1 aromatic heterocycles. The van der Waals surface area contributed by atoms with Gasteiger partial charge in [-0.25, -0.2) is 9.97 Å². The second kappa shape index (κ2) is 3.10. The molecule has 0 saturated heterocycles. The lowest BCUT2D eigenvalue weighted by Crippen LogP contribution is -1.92. The van der Waals surface area contributed by atoms with E-state index in [1.807, 2.05) is 6.20 Å². The quantitative estimate of drug-likeness (QED) is 0.651. The minimum atomic E-state index is 0.482. The molecule has 1 heterocycles. The molecule has 0 aliphatic rings. The molecule has 0 saturated carbocycles. The lowest BCUT2D eigenvalue weighted by Gasteiger charge is -2.04. The molecule has 3 heteroatoms. The van der Waals surface area contributed by atoms with Gasteiger partial charge >= 0.3 is 0 Å². The Morgan fingerprint density at radius 2 is 2.20 bits per heavy atom. The largest absolute Gasteiger partial charge is 0.244 e. The highest BCUT2D eigenvalue weighted by atomic mass is 79.9. The molecule has 1 rings (SSSR count). The van der Waals surface area contributed by atoms with Gasteiger partial charge in [0.25, 0.3) is 0 Å². The number of rotatable bonds is 1. The predicted molar refractivity (Wildman–Crippen MR) is 43.8 cm³/mol. The van der Waals surface area contributed by atoms with Crippen LogP contribution in [0.25, 0.3) is 0 Å². The SMILES string of the molecule is CC(C)c1cncnc1Br. The first-order valence-corrected chi connectivity index (χ1v) is 3.96. The van der Waals surface area contributed by atoms with Crippen LogP contribution in [0, 0.1) is 0 Å². The van der Waals surface area contributed by atoms with E-state index in [9.17, 15) is 0 Å². The van der Waals surface area contributed by atoms with Crippen molar-refractivity contribution in [2.24, 2.45) is 0 Å². The molecule has 0 spiro atoms. The Hall–Kier alpha value is -0.440. The van der Waals surface area contributed by atoms with E-state index in [-0.39, 0.29) is 0 Å². The fourth-order valence-electron chi connectivity index (χ4n) is 0.713. The molecule has 0 amide bonds. The second-order valence-corrected chi connectivity index (χ2v) is 3.17. The first-order chi connectivity index (χ1) is 4.72. The van der Waals surface area contributed by atoms with E-state index >= 15 is 0 Å². The van der Waals surface area contributed by atoms with Crippen LogP contribution in [0.1, 0.15) is 25.3 Å². The normalized spacial score (nSPS) is 10.4. The summed E-state index contributed by atoms with van der Waals surface area (Å²) in [7, 11) is 0. The maximum atomic E-state index is 4.01. The second-order valence-electron chi connectivity index (χ2n) is 2.42. The molecule has 0 unspecified atom stereocenters. The average molecular weight is 201 g/mol. The first-order valence-electron chi connectivity index (χ1n) is 3.17. The molecule has 0 atom stereocenters. The molecule has 0 fully saturated rings. The Bertz CT molecular complexity index is 223. The molecule has 0 aliphatic heterocycles. The third-order valence-corrected chi connectivity index (χ3v) is 1.97. The summed E-state index contributed by atoms with van der Waals surface area (Å²) in [5.74, 6) is 0.482. The van der Waals surface area contributed by atoms with E-state index in [0.717, 1.165) is 10.2 Å². The van der Waals surface area contributed by atoms with E-state index < -0.39 is 0 Å². The molecule has 0 radical (unpaired) electrons. The van der Waals surface area contributed by atoms with Gasteiger partial charge in [0, 0.05) is 11.8 Å². The fourth-order valence-corrected chi connectivity index (χ4v) is 1.36.